The van der Waals surface area contributed by atoms with Gasteiger partial charge in [0.2, 0.25) is 11.8 Å². The minimum absolute atomic E-state index is 0. The summed E-state index contributed by atoms with van der Waals surface area (Å²) >= 11 is 1.61. The Kier molecular flexibility index (Phi) is 7.18. The maximum atomic E-state index is 12.2. The highest BCUT2D eigenvalue weighted by Gasteiger charge is 2.39. The van der Waals surface area contributed by atoms with Crippen molar-refractivity contribution in [2.75, 3.05) is 18.2 Å². The maximum Gasteiger partial charge on any atom is 0.243 e. The lowest BCUT2D eigenvalue weighted by atomic mass is 9.94. The van der Waals surface area contributed by atoms with E-state index >= 15 is 0 Å². The molecule has 1 saturated heterocycles. The molecule has 19 heavy (non-hydrogen) atoms. The van der Waals surface area contributed by atoms with E-state index in [1.54, 1.807) is 16.7 Å². The van der Waals surface area contributed by atoms with Gasteiger partial charge in [-0.05, 0) is 6.92 Å². The van der Waals surface area contributed by atoms with Crippen molar-refractivity contribution in [3.63, 3.8) is 0 Å². The van der Waals surface area contributed by atoms with Crippen LogP contribution < -0.4 is 11.1 Å². The van der Waals surface area contributed by atoms with Crippen molar-refractivity contribution >= 4 is 36.0 Å². The van der Waals surface area contributed by atoms with E-state index in [4.69, 9.17) is 5.73 Å². The van der Waals surface area contributed by atoms with E-state index in [2.05, 4.69) is 5.32 Å². The first kappa shape index (κ1) is 18.5. The maximum absolute atomic E-state index is 12.2. The Hall–Kier alpha value is -0.460. The van der Waals surface area contributed by atoms with E-state index in [-0.39, 0.29) is 36.3 Å². The first-order valence-electron chi connectivity index (χ1n) is 6.16. The standard InChI is InChI=1S/C12H23N3O2S.ClH/c1-8(5-13)14-10(16)9-6-18-7-15(9)11(17)12(2,3)4;/h8-9H,5-7,13H2,1-4H3,(H,14,16);1H/t8-,9?;/m0./s1. The summed E-state index contributed by atoms with van der Waals surface area (Å²) in [4.78, 5) is 26.0. The van der Waals surface area contributed by atoms with Crippen LogP contribution in [0.25, 0.3) is 0 Å². The number of hydrogen-bond acceptors (Lipinski definition) is 4. The van der Waals surface area contributed by atoms with Crippen molar-refractivity contribution in [2.45, 2.75) is 39.8 Å². The first-order valence-corrected chi connectivity index (χ1v) is 7.32. The van der Waals surface area contributed by atoms with Gasteiger partial charge in [0, 0.05) is 23.8 Å². The molecule has 2 amide bonds. The Morgan fingerprint density at radius 2 is 2.05 bits per heavy atom. The molecule has 1 aliphatic rings. The molecule has 1 unspecified atom stereocenters. The normalized spacial score (nSPS) is 20.7. The molecule has 0 aliphatic carbocycles. The Morgan fingerprint density at radius 1 is 1.47 bits per heavy atom. The van der Waals surface area contributed by atoms with Crippen LogP contribution in [0.3, 0.4) is 0 Å². The monoisotopic (exact) mass is 309 g/mol. The smallest absolute Gasteiger partial charge is 0.243 e. The van der Waals surface area contributed by atoms with Gasteiger partial charge < -0.3 is 16.0 Å². The number of rotatable bonds is 3. The van der Waals surface area contributed by atoms with Crippen LogP contribution in [0.5, 0.6) is 0 Å². The molecule has 0 bridgehead atoms. The van der Waals surface area contributed by atoms with Gasteiger partial charge in [-0.3, -0.25) is 9.59 Å². The van der Waals surface area contributed by atoms with Gasteiger partial charge in [0.25, 0.3) is 0 Å². The fourth-order valence-electron chi connectivity index (χ4n) is 1.69. The highest BCUT2D eigenvalue weighted by molar-refractivity contribution is 7.99. The predicted octanol–water partition coefficient (Wildman–Crippen LogP) is 0.819. The number of nitrogens with zero attached hydrogens (tertiary/aromatic N) is 1. The second-order valence-electron chi connectivity index (χ2n) is 5.69. The number of thioether (sulfide) groups is 1. The molecular formula is C12H24ClN3O2S. The van der Waals surface area contributed by atoms with Crippen LogP contribution in [0, 0.1) is 5.41 Å². The van der Waals surface area contributed by atoms with Crippen molar-refractivity contribution in [3.05, 3.63) is 0 Å². The summed E-state index contributed by atoms with van der Waals surface area (Å²) in [6.07, 6.45) is 0. The molecule has 7 heteroatoms. The Labute approximate surface area is 125 Å². The van der Waals surface area contributed by atoms with Crippen LogP contribution in [0.1, 0.15) is 27.7 Å². The molecule has 1 aliphatic heterocycles. The molecule has 112 valence electrons. The van der Waals surface area contributed by atoms with E-state index < -0.39 is 5.41 Å². The van der Waals surface area contributed by atoms with Crippen LogP contribution in [0.15, 0.2) is 0 Å². The summed E-state index contributed by atoms with van der Waals surface area (Å²) < 4.78 is 0. The fourth-order valence-corrected chi connectivity index (χ4v) is 2.84. The number of nitrogens with one attached hydrogen (secondary N) is 1. The molecule has 0 spiro atoms. The van der Waals surface area contributed by atoms with Gasteiger partial charge in [-0.2, -0.15) is 0 Å². The Morgan fingerprint density at radius 3 is 2.53 bits per heavy atom. The summed E-state index contributed by atoms with van der Waals surface area (Å²) in [5.41, 5.74) is 5.03. The highest BCUT2D eigenvalue weighted by atomic mass is 35.5. The zero-order valence-electron chi connectivity index (χ0n) is 11.9. The van der Waals surface area contributed by atoms with E-state index in [0.717, 1.165) is 0 Å². The average Bonchev–Trinajstić information content (AvgIpc) is 2.75. The summed E-state index contributed by atoms with van der Waals surface area (Å²) in [5.74, 6) is 1.17. The van der Waals surface area contributed by atoms with E-state index in [0.29, 0.717) is 18.2 Å². The van der Waals surface area contributed by atoms with Gasteiger partial charge in [-0.1, -0.05) is 20.8 Å². The number of amides is 2. The molecule has 2 atom stereocenters. The van der Waals surface area contributed by atoms with Gasteiger partial charge in [-0.25, -0.2) is 0 Å². The summed E-state index contributed by atoms with van der Waals surface area (Å²) in [7, 11) is 0. The van der Waals surface area contributed by atoms with Gasteiger partial charge in [-0.15, -0.1) is 24.2 Å². The minimum Gasteiger partial charge on any atom is -0.351 e. The van der Waals surface area contributed by atoms with Gasteiger partial charge in [0.15, 0.2) is 0 Å². The van der Waals surface area contributed by atoms with Gasteiger partial charge in [0.1, 0.15) is 6.04 Å². The minimum atomic E-state index is -0.455. The Bertz CT molecular complexity index is 333. The van der Waals surface area contributed by atoms with E-state index in [9.17, 15) is 9.59 Å². The number of halogens is 1. The highest BCUT2D eigenvalue weighted by Crippen LogP contribution is 2.27. The van der Waals surface area contributed by atoms with Crippen molar-refractivity contribution in [1.29, 1.82) is 0 Å². The summed E-state index contributed by atoms with van der Waals surface area (Å²) in [6, 6.07) is -0.426. The molecule has 0 aromatic heterocycles. The Balaban J connectivity index is 0.00000324. The molecular weight excluding hydrogens is 286 g/mol. The molecule has 0 aromatic rings. The first-order chi connectivity index (χ1) is 8.27. The molecule has 1 rings (SSSR count). The predicted molar refractivity (Wildman–Crippen MR) is 81.3 cm³/mol. The number of nitrogens with two attached hydrogens (primary N) is 1. The molecule has 5 nitrogen and oxygen atoms in total. The molecule has 0 saturated carbocycles. The number of hydrogen-bond donors (Lipinski definition) is 2. The quantitative estimate of drug-likeness (QED) is 0.809. The van der Waals surface area contributed by atoms with Crippen LogP contribution in [-0.4, -0.2) is 47.0 Å². The molecule has 3 N–H and O–H groups in total. The van der Waals surface area contributed by atoms with Gasteiger partial charge in [0.05, 0.1) is 5.88 Å². The van der Waals surface area contributed by atoms with Crippen LogP contribution >= 0.6 is 24.2 Å². The van der Waals surface area contributed by atoms with Crippen molar-refractivity contribution in [2.24, 2.45) is 11.1 Å². The number of carbonyl (C=O) groups is 2. The molecule has 0 aromatic carbocycles. The van der Waals surface area contributed by atoms with Crippen molar-refractivity contribution < 1.29 is 9.59 Å². The van der Waals surface area contributed by atoms with Crippen molar-refractivity contribution in [1.82, 2.24) is 10.2 Å². The lowest BCUT2D eigenvalue weighted by Gasteiger charge is -2.30. The van der Waals surface area contributed by atoms with E-state index in [1.165, 1.54) is 0 Å². The zero-order chi connectivity index (χ0) is 13.9. The second kappa shape index (κ2) is 7.36. The van der Waals surface area contributed by atoms with Crippen LogP contribution in [0.4, 0.5) is 0 Å². The number of carbonyl (C=O) groups excluding carboxylic acids is 2. The van der Waals surface area contributed by atoms with E-state index in [1.807, 2.05) is 27.7 Å². The SMILES string of the molecule is C[C@@H](CN)NC(=O)C1CSCN1C(=O)C(C)(C)C.Cl. The van der Waals surface area contributed by atoms with Crippen LogP contribution in [0.2, 0.25) is 0 Å². The lowest BCUT2D eigenvalue weighted by molar-refractivity contribution is -0.144. The van der Waals surface area contributed by atoms with Crippen LogP contribution in [-0.2, 0) is 9.59 Å². The molecule has 1 fully saturated rings. The summed E-state index contributed by atoms with van der Waals surface area (Å²) in [5, 5.41) is 2.84. The third kappa shape index (κ3) is 4.85. The average molecular weight is 310 g/mol. The van der Waals surface area contributed by atoms with Crippen molar-refractivity contribution in [3.8, 4) is 0 Å². The second-order valence-corrected chi connectivity index (χ2v) is 6.69. The third-order valence-corrected chi connectivity index (χ3v) is 3.84. The summed E-state index contributed by atoms with van der Waals surface area (Å²) in [6.45, 7) is 7.87. The largest absolute Gasteiger partial charge is 0.351 e. The molecule has 1 heterocycles. The third-order valence-electron chi connectivity index (χ3n) is 2.83. The molecule has 0 radical (unpaired) electrons. The topological polar surface area (TPSA) is 75.4 Å². The lowest BCUT2D eigenvalue weighted by Crippen LogP contribution is -2.52. The fraction of sp³-hybridized carbons (Fsp3) is 0.833. The van der Waals surface area contributed by atoms with Gasteiger partial charge >= 0.3 is 0 Å². The zero-order valence-corrected chi connectivity index (χ0v) is 13.6.